The number of halogens is 1. The standard InChI is InChI=1S/C27H26FN3O3/c1-33-24-9-4-5-10-25(24)34-16-6-15-30-23-8-3-2-7-22(23)29-27(30)19-17-26(32)31(18-19)21-13-11-20(28)12-14-21/h2-5,7-14,19H,6,15-18H2,1H3/t19-/m1/s1. The zero-order valence-corrected chi connectivity index (χ0v) is 19.0. The largest absolute Gasteiger partial charge is 0.493 e. The van der Waals surface area contributed by atoms with Gasteiger partial charge in [-0.3, -0.25) is 4.79 Å². The fourth-order valence-corrected chi connectivity index (χ4v) is 4.53. The number of carbonyl (C=O) groups is 1. The van der Waals surface area contributed by atoms with Crippen LogP contribution >= 0.6 is 0 Å². The van der Waals surface area contributed by atoms with Crippen LogP contribution in [0.2, 0.25) is 0 Å². The molecule has 0 unspecified atom stereocenters. The summed E-state index contributed by atoms with van der Waals surface area (Å²) >= 11 is 0. The minimum atomic E-state index is -0.316. The van der Waals surface area contributed by atoms with Gasteiger partial charge in [-0.25, -0.2) is 9.37 Å². The van der Waals surface area contributed by atoms with Crippen LogP contribution in [0.4, 0.5) is 10.1 Å². The Hall–Kier alpha value is -3.87. The van der Waals surface area contributed by atoms with Gasteiger partial charge in [-0.05, 0) is 55.0 Å². The number of methoxy groups -OCH3 is 1. The molecule has 6 nitrogen and oxygen atoms in total. The third kappa shape index (κ3) is 4.33. The van der Waals surface area contributed by atoms with E-state index in [1.54, 1.807) is 24.1 Å². The van der Waals surface area contributed by atoms with Gasteiger partial charge in [0.2, 0.25) is 5.91 Å². The molecule has 34 heavy (non-hydrogen) atoms. The van der Waals surface area contributed by atoms with Gasteiger partial charge in [0.25, 0.3) is 0 Å². The van der Waals surface area contributed by atoms with Crippen molar-refractivity contribution in [3.63, 3.8) is 0 Å². The number of nitrogens with zero attached hydrogens (tertiary/aromatic N) is 3. The van der Waals surface area contributed by atoms with E-state index in [-0.39, 0.29) is 17.6 Å². The number of para-hydroxylation sites is 4. The van der Waals surface area contributed by atoms with E-state index < -0.39 is 0 Å². The summed E-state index contributed by atoms with van der Waals surface area (Å²) in [5.41, 5.74) is 2.67. The lowest BCUT2D eigenvalue weighted by Gasteiger charge is -2.17. The zero-order valence-electron chi connectivity index (χ0n) is 19.0. The van der Waals surface area contributed by atoms with Crippen molar-refractivity contribution >= 4 is 22.6 Å². The van der Waals surface area contributed by atoms with Gasteiger partial charge >= 0.3 is 0 Å². The summed E-state index contributed by atoms with van der Waals surface area (Å²) in [5.74, 6) is 1.99. The number of hydrogen-bond donors (Lipinski definition) is 0. The van der Waals surface area contributed by atoms with Gasteiger partial charge in [-0.1, -0.05) is 24.3 Å². The number of hydrogen-bond acceptors (Lipinski definition) is 4. The minimum Gasteiger partial charge on any atom is -0.493 e. The lowest BCUT2D eigenvalue weighted by molar-refractivity contribution is -0.117. The number of aryl methyl sites for hydroxylation is 1. The smallest absolute Gasteiger partial charge is 0.227 e. The molecule has 0 aliphatic carbocycles. The Balaban J connectivity index is 1.34. The first-order valence-corrected chi connectivity index (χ1v) is 11.4. The highest BCUT2D eigenvalue weighted by Gasteiger charge is 2.34. The topological polar surface area (TPSA) is 56.6 Å². The molecule has 1 amide bonds. The van der Waals surface area contributed by atoms with E-state index in [0.717, 1.165) is 29.0 Å². The summed E-state index contributed by atoms with van der Waals surface area (Å²) in [7, 11) is 1.63. The molecule has 2 heterocycles. The van der Waals surface area contributed by atoms with Crippen LogP contribution in [-0.2, 0) is 11.3 Å². The fourth-order valence-electron chi connectivity index (χ4n) is 4.53. The van der Waals surface area contributed by atoms with Crippen LogP contribution in [0, 0.1) is 5.82 Å². The first kappa shape index (κ1) is 21.9. The van der Waals surface area contributed by atoms with Crippen molar-refractivity contribution in [2.45, 2.75) is 25.3 Å². The van der Waals surface area contributed by atoms with Crippen LogP contribution in [0.3, 0.4) is 0 Å². The molecule has 5 rings (SSSR count). The Kier molecular flexibility index (Phi) is 6.16. The van der Waals surface area contributed by atoms with Crippen LogP contribution in [0.1, 0.15) is 24.6 Å². The summed E-state index contributed by atoms with van der Waals surface area (Å²) in [4.78, 5) is 19.4. The second-order valence-electron chi connectivity index (χ2n) is 8.35. The number of aromatic nitrogens is 2. The maximum atomic E-state index is 13.3. The van der Waals surface area contributed by atoms with E-state index in [1.165, 1.54) is 12.1 Å². The average molecular weight is 460 g/mol. The molecule has 1 aliphatic heterocycles. The predicted molar refractivity (Wildman–Crippen MR) is 129 cm³/mol. The van der Waals surface area contributed by atoms with Crippen molar-refractivity contribution in [2.24, 2.45) is 0 Å². The van der Waals surface area contributed by atoms with Gasteiger partial charge in [0.1, 0.15) is 11.6 Å². The summed E-state index contributed by atoms with van der Waals surface area (Å²) < 4.78 is 26.9. The van der Waals surface area contributed by atoms with Gasteiger partial charge in [0.15, 0.2) is 11.5 Å². The van der Waals surface area contributed by atoms with E-state index in [1.807, 2.05) is 42.5 Å². The van der Waals surface area contributed by atoms with E-state index >= 15 is 0 Å². The van der Waals surface area contributed by atoms with Gasteiger partial charge in [0.05, 0.1) is 24.8 Å². The maximum absolute atomic E-state index is 13.3. The van der Waals surface area contributed by atoms with Crippen LogP contribution in [0.15, 0.2) is 72.8 Å². The van der Waals surface area contributed by atoms with Crippen molar-refractivity contribution in [1.29, 1.82) is 0 Å². The molecule has 1 saturated heterocycles. The highest BCUT2D eigenvalue weighted by Crippen LogP contribution is 2.33. The predicted octanol–water partition coefficient (Wildman–Crippen LogP) is 5.17. The number of imidazole rings is 1. The van der Waals surface area contributed by atoms with Crippen LogP contribution < -0.4 is 14.4 Å². The van der Waals surface area contributed by atoms with Gasteiger partial charge < -0.3 is 18.9 Å². The lowest BCUT2D eigenvalue weighted by Crippen LogP contribution is -2.24. The molecular weight excluding hydrogens is 433 g/mol. The number of ether oxygens (including phenoxy) is 2. The molecule has 0 saturated carbocycles. The van der Waals surface area contributed by atoms with Crippen LogP contribution in [0.5, 0.6) is 11.5 Å². The van der Waals surface area contributed by atoms with Gasteiger partial charge in [0, 0.05) is 31.1 Å². The van der Waals surface area contributed by atoms with Crippen molar-refractivity contribution in [3.05, 3.63) is 84.4 Å². The third-order valence-electron chi connectivity index (χ3n) is 6.17. The van der Waals surface area contributed by atoms with Gasteiger partial charge in [-0.15, -0.1) is 0 Å². The Morgan fingerprint density at radius 1 is 1.00 bits per heavy atom. The number of amides is 1. The molecular formula is C27H26FN3O3. The second kappa shape index (κ2) is 9.55. The molecule has 4 aromatic rings. The molecule has 0 radical (unpaired) electrons. The summed E-state index contributed by atoms with van der Waals surface area (Å²) in [6.45, 7) is 1.76. The van der Waals surface area contributed by atoms with E-state index in [4.69, 9.17) is 14.5 Å². The van der Waals surface area contributed by atoms with Crippen LogP contribution in [0.25, 0.3) is 11.0 Å². The van der Waals surface area contributed by atoms with Crippen molar-refractivity contribution in [2.75, 3.05) is 25.2 Å². The summed E-state index contributed by atoms with van der Waals surface area (Å²) in [6.07, 6.45) is 1.14. The molecule has 1 atom stereocenters. The Morgan fingerprint density at radius 3 is 2.53 bits per heavy atom. The molecule has 1 aliphatic rings. The summed E-state index contributed by atoms with van der Waals surface area (Å²) in [6, 6.07) is 21.7. The third-order valence-corrected chi connectivity index (χ3v) is 6.17. The molecule has 3 aromatic carbocycles. The molecule has 0 bridgehead atoms. The quantitative estimate of drug-likeness (QED) is 0.341. The zero-order chi connectivity index (χ0) is 23.5. The van der Waals surface area contributed by atoms with E-state index in [9.17, 15) is 9.18 Å². The highest BCUT2D eigenvalue weighted by molar-refractivity contribution is 5.96. The van der Waals surface area contributed by atoms with Crippen molar-refractivity contribution < 1.29 is 18.7 Å². The first-order chi connectivity index (χ1) is 16.6. The number of anilines is 1. The summed E-state index contributed by atoms with van der Waals surface area (Å²) in [5, 5.41) is 0. The number of rotatable bonds is 8. The number of benzene rings is 3. The monoisotopic (exact) mass is 459 g/mol. The lowest BCUT2D eigenvalue weighted by atomic mass is 10.1. The van der Waals surface area contributed by atoms with E-state index in [2.05, 4.69) is 10.6 Å². The van der Waals surface area contributed by atoms with Crippen molar-refractivity contribution in [1.82, 2.24) is 9.55 Å². The molecule has 7 heteroatoms. The Labute approximate surface area is 197 Å². The second-order valence-corrected chi connectivity index (χ2v) is 8.35. The Bertz CT molecular complexity index is 1300. The molecule has 1 fully saturated rings. The number of carbonyl (C=O) groups excluding carboxylic acids is 1. The molecule has 0 N–H and O–H groups in total. The maximum Gasteiger partial charge on any atom is 0.227 e. The molecule has 174 valence electrons. The van der Waals surface area contributed by atoms with Crippen molar-refractivity contribution in [3.8, 4) is 11.5 Å². The average Bonchev–Trinajstić information content (AvgIpc) is 3.43. The van der Waals surface area contributed by atoms with Crippen LogP contribution in [-0.4, -0.2) is 35.7 Å². The highest BCUT2D eigenvalue weighted by atomic mass is 19.1. The fraction of sp³-hybridized carbons (Fsp3) is 0.259. The molecule has 1 aromatic heterocycles. The SMILES string of the molecule is COc1ccccc1OCCCn1c([C@@H]2CC(=O)N(c3ccc(F)cc3)C2)nc2ccccc21. The van der Waals surface area contributed by atoms with Gasteiger partial charge in [-0.2, -0.15) is 0 Å². The first-order valence-electron chi connectivity index (χ1n) is 11.4. The number of fused-ring (bicyclic) bond motifs is 1. The Morgan fingerprint density at radius 2 is 1.74 bits per heavy atom. The van der Waals surface area contributed by atoms with E-state index in [0.29, 0.717) is 37.6 Å². The minimum absolute atomic E-state index is 0.0229. The normalized spacial score (nSPS) is 15.8. The molecule has 0 spiro atoms.